The Balaban J connectivity index is 2.14. The summed E-state index contributed by atoms with van der Waals surface area (Å²) in [5, 5.41) is 0. The van der Waals surface area contributed by atoms with Crippen molar-refractivity contribution in [3.63, 3.8) is 0 Å². The maximum Gasteiger partial charge on any atom is 0.0561 e. The highest BCUT2D eigenvalue weighted by molar-refractivity contribution is 6.16. The molecule has 0 heterocycles. The molecule has 2 aliphatic rings. The van der Waals surface area contributed by atoms with Crippen LogP contribution in [-0.4, -0.2) is 24.5 Å². The first-order valence-corrected chi connectivity index (χ1v) is 12.3. The molecule has 0 saturated heterocycles. The van der Waals surface area contributed by atoms with Crippen molar-refractivity contribution >= 4 is 12.4 Å². The fourth-order valence-corrected chi connectivity index (χ4v) is 6.13. The lowest BCUT2D eigenvalue weighted by atomic mass is 9.69. The van der Waals surface area contributed by atoms with Gasteiger partial charge < -0.3 is 0 Å². The molecule has 2 fully saturated rings. The molecule has 0 aromatic heterocycles. The van der Waals surface area contributed by atoms with E-state index in [0.717, 1.165) is 47.3 Å². The van der Waals surface area contributed by atoms with Gasteiger partial charge in [0.05, 0.1) is 12.1 Å². The molecular weight excluding hydrogens is 340 g/mol. The summed E-state index contributed by atoms with van der Waals surface area (Å²) in [4.78, 5) is 10.3. The third kappa shape index (κ3) is 5.92. The highest BCUT2D eigenvalue weighted by Gasteiger charge is 2.37. The number of hydrogen-bond donors (Lipinski definition) is 0. The summed E-state index contributed by atoms with van der Waals surface area (Å²) in [6.07, 6.45) is 12.3. The van der Waals surface area contributed by atoms with Crippen LogP contribution in [0.25, 0.3) is 0 Å². The summed E-state index contributed by atoms with van der Waals surface area (Å²) in [7, 11) is 0. The summed E-state index contributed by atoms with van der Waals surface area (Å²) >= 11 is 0. The molecule has 2 heteroatoms. The van der Waals surface area contributed by atoms with Crippen molar-refractivity contribution in [2.45, 2.75) is 106 Å². The molecular formula is C26H48N2. The Kier molecular flexibility index (Phi) is 9.22. The number of hydrogen-bond acceptors (Lipinski definition) is 2. The summed E-state index contributed by atoms with van der Waals surface area (Å²) in [6, 6.07) is 0.960. The first-order chi connectivity index (χ1) is 13.2. The monoisotopic (exact) mass is 388 g/mol. The van der Waals surface area contributed by atoms with E-state index in [2.05, 4.69) is 67.8 Å². The smallest absolute Gasteiger partial charge is 0.0561 e. The Labute approximate surface area is 176 Å². The van der Waals surface area contributed by atoms with Crippen LogP contribution >= 0.6 is 0 Å². The summed E-state index contributed by atoms with van der Waals surface area (Å²) < 4.78 is 0. The number of rotatable bonds is 7. The SMILES string of the molecule is CC(C)C1CCCC(C(C)C)C1N=CC=NC1C(C(C)C)CCCC1C(C)C. The number of aliphatic imine (C=N–C) groups is 2. The van der Waals surface area contributed by atoms with Crippen LogP contribution in [0.1, 0.15) is 93.9 Å². The van der Waals surface area contributed by atoms with Crippen LogP contribution in [0.5, 0.6) is 0 Å². The molecule has 0 spiro atoms. The minimum absolute atomic E-state index is 0.480. The van der Waals surface area contributed by atoms with E-state index in [1.807, 2.05) is 0 Å². The molecule has 0 N–H and O–H groups in total. The zero-order valence-corrected chi connectivity index (χ0v) is 20.1. The van der Waals surface area contributed by atoms with Crippen molar-refractivity contribution in [1.82, 2.24) is 0 Å². The molecule has 2 aliphatic carbocycles. The lowest BCUT2D eigenvalue weighted by molar-refractivity contribution is 0.142. The van der Waals surface area contributed by atoms with Crippen LogP contribution in [-0.2, 0) is 0 Å². The second kappa shape index (κ2) is 10.9. The molecule has 0 bridgehead atoms. The third-order valence-corrected chi connectivity index (χ3v) is 7.91. The molecule has 2 nitrogen and oxygen atoms in total. The van der Waals surface area contributed by atoms with Crippen molar-refractivity contribution in [3.8, 4) is 0 Å². The summed E-state index contributed by atoms with van der Waals surface area (Å²) in [6.45, 7) is 19.1. The van der Waals surface area contributed by atoms with Gasteiger partial charge in [-0.1, -0.05) is 68.2 Å². The van der Waals surface area contributed by atoms with Crippen LogP contribution in [0.15, 0.2) is 9.98 Å². The minimum Gasteiger partial charge on any atom is -0.288 e. The topological polar surface area (TPSA) is 24.7 Å². The van der Waals surface area contributed by atoms with Crippen LogP contribution in [0.3, 0.4) is 0 Å². The van der Waals surface area contributed by atoms with Gasteiger partial charge in [-0.2, -0.15) is 0 Å². The standard InChI is InChI=1S/C26H48N2/c1-17(2)21-11-9-12-22(18(3)4)25(21)27-15-16-28-26-23(19(5)6)13-10-14-24(26)20(7)8/h15-26H,9-14H2,1-8H3. The average Bonchev–Trinajstić information content (AvgIpc) is 2.64. The maximum absolute atomic E-state index is 5.14. The molecule has 4 unspecified atom stereocenters. The van der Waals surface area contributed by atoms with Crippen molar-refractivity contribution < 1.29 is 0 Å². The molecule has 4 atom stereocenters. The molecule has 0 amide bonds. The van der Waals surface area contributed by atoms with E-state index in [0.29, 0.717) is 12.1 Å². The molecule has 0 aromatic rings. The average molecular weight is 389 g/mol. The van der Waals surface area contributed by atoms with Crippen molar-refractivity contribution in [3.05, 3.63) is 0 Å². The van der Waals surface area contributed by atoms with E-state index in [4.69, 9.17) is 9.98 Å². The quantitative estimate of drug-likeness (QED) is 0.408. The highest BCUT2D eigenvalue weighted by atomic mass is 14.9. The van der Waals surface area contributed by atoms with Crippen LogP contribution in [0.4, 0.5) is 0 Å². The number of nitrogens with zero attached hydrogens (tertiary/aromatic N) is 2. The molecule has 162 valence electrons. The zero-order valence-electron chi connectivity index (χ0n) is 20.1. The van der Waals surface area contributed by atoms with Gasteiger partial charge in [0.15, 0.2) is 0 Å². The predicted molar refractivity (Wildman–Crippen MR) is 126 cm³/mol. The van der Waals surface area contributed by atoms with E-state index in [1.54, 1.807) is 0 Å². The maximum atomic E-state index is 5.14. The minimum atomic E-state index is 0.480. The Morgan fingerprint density at radius 1 is 0.500 bits per heavy atom. The fraction of sp³-hybridized carbons (Fsp3) is 0.923. The lowest BCUT2D eigenvalue weighted by Crippen LogP contribution is -2.38. The Bertz CT molecular complexity index is 425. The first kappa shape index (κ1) is 23.6. The second-order valence-electron chi connectivity index (χ2n) is 11.1. The highest BCUT2D eigenvalue weighted by Crippen LogP contribution is 2.40. The summed E-state index contributed by atoms with van der Waals surface area (Å²) in [5.41, 5.74) is 0. The molecule has 0 aliphatic heterocycles. The Morgan fingerprint density at radius 2 is 0.750 bits per heavy atom. The lowest BCUT2D eigenvalue weighted by Gasteiger charge is -2.40. The fourth-order valence-electron chi connectivity index (χ4n) is 6.13. The van der Waals surface area contributed by atoms with E-state index >= 15 is 0 Å². The van der Waals surface area contributed by atoms with Crippen LogP contribution in [0, 0.1) is 47.3 Å². The van der Waals surface area contributed by atoms with Gasteiger partial charge in [0.2, 0.25) is 0 Å². The van der Waals surface area contributed by atoms with Crippen molar-refractivity contribution in [1.29, 1.82) is 0 Å². The van der Waals surface area contributed by atoms with E-state index in [9.17, 15) is 0 Å². The normalized spacial score (nSPS) is 35.3. The van der Waals surface area contributed by atoms with Gasteiger partial charge in [0.25, 0.3) is 0 Å². The van der Waals surface area contributed by atoms with Gasteiger partial charge in [-0.05, 0) is 73.0 Å². The zero-order chi connectivity index (χ0) is 20.8. The molecule has 28 heavy (non-hydrogen) atoms. The van der Waals surface area contributed by atoms with Gasteiger partial charge in [-0.15, -0.1) is 0 Å². The third-order valence-electron chi connectivity index (χ3n) is 7.91. The Hall–Kier alpha value is -0.660. The van der Waals surface area contributed by atoms with Crippen LogP contribution < -0.4 is 0 Å². The van der Waals surface area contributed by atoms with Crippen molar-refractivity contribution in [2.75, 3.05) is 0 Å². The molecule has 2 rings (SSSR count). The van der Waals surface area contributed by atoms with E-state index < -0.39 is 0 Å². The predicted octanol–water partition coefficient (Wildman–Crippen LogP) is 7.32. The van der Waals surface area contributed by atoms with Crippen LogP contribution in [0.2, 0.25) is 0 Å². The van der Waals surface area contributed by atoms with E-state index in [-0.39, 0.29) is 0 Å². The van der Waals surface area contributed by atoms with Gasteiger partial charge in [-0.3, -0.25) is 9.98 Å². The van der Waals surface area contributed by atoms with Gasteiger partial charge in [0.1, 0.15) is 0 Å². The van der Waals surface area contributed by atoms with E-state index in [1.165, 1.54) is 38.5 Å². The van der Waals surface area contributed by atoms with Gasteiger partial charge in [0, 0.05) is 12.4 Å². The molecule has 2 saturated carbocycles. The largest absolute Gasteiger partial charge is 0.288 e. The van der Waals surface area contributed by atoms with Crippen molar-refractivity contribution in [2.24, 2.45) is 57.3 Å². The van der Waals surface area contributed by atoms with Gasteiger partial charge in [-0.25, -0.2) is 0 Å². The molecule has 0 radical (unpaired) electrons. The second-order valence-corrected chi connectivity index (χ2v) is 11.1. The Morgan fingerprint density at radius 3 is 0.964 bits per heavy atom. The summed E-state index contributed by atoms with van der Waals surface area (Å²) in [5.74, 6) is 5.78. The molecule has 0 aromatic carbocycles. The van der Waals surface area contributed by atoms with Gasteiger partial charge >= 0.3 is 0 Å². The first-order valence-electron chi connectivity index (χ1n) is 12.3.